The summed E-state index contributed by atoms with van der Waals surface area (Å²) in [6.07, 6.45) is 4.68. The van der Waals surface area contributed by atoms with E-state index in [0.29, 0.717) is 0 Å². The fraction of sp³-hybridized carbons (Fsp3) is 0. The van der Waals surface area contributed by atoms with E-state index in [0.717, 1.165) is 6.17 Å². The summed E-state index contributed by atoms with van der Waals surface area (Å²) < 4.78 is 9.82. The molecule has 0 heterocycles. The van der Waals surface area contributed by atoms with Crippen molar-refractivity contribution in [2.75, 3.05) is 0 Å². The van der Waals surface area contributed by atoms with Crippen molar-refractivity contribution in [3.05, 3.63) is 0 Å². The van der Waals surface area contributed by atoms with E-state index in [1.54, 1.807) is 5.16 Å². The average molecular weight is 103 g/mol. The first-order chi connectivity index (χ1) is 2.83. The third-order valence-corrected chi connectivity index (χ3v) is 0. The maximum Gasteiger partial charge on any atom is 0.102 e. The third kappa shape index (κ3) is 34.2. The van der Waals surface area contributed by atoms with Gasteiger partial charge in [-0.15, -0.1) is 4.39 Å². The molecule has 6 heavy (non-hydrogen) atoms. The van der Waals surface area contributed by atoms with Gasteiger partial charge in [0.25, 0.3) is 0 Å². The predicted octanol–water partition coefficient (Wildman–Crippen LogP) is 1.21. The Kier molecular flexibility index (Phi) is 41.8. The van der Waals surface area contributed by atoms with Crippen LogP contribution in [0.3, 0.4) is 0 Å². The molecule has 0 saturated carbocycles. The lowest BCUT2D eigenvalue weighted by molar-refractivity contribution is 0.775. The minimum absolute atomic E-state index is 0.750. The van der Waals surface area contributed by atoms with Crippen LogP contribution in [-0.4, -0.2) is 5.16 Å². The minimum Gasteiger partial charge on any atom is -0.248 e. The summed E-state index contributed by atoms with van der Waals surface area (Å²) in [5.74, 6) is 0. The largest absolute Gasteiger partial charge is 0.248 e. The van der Waals surface area contributed by atoms with Gasteiger partial charge in [0.2, 0.25) is 0 Å². The van der Waals surface area contributed by atoms with Gasteiger partial charge in [-0.2, -0.15) is 0 Å². The Morgan fingerprint density at radius 1 is 1.83 bits per heavy atom. The van der Waals surface area contributed by atoms with Crippen LogP contribution < -0.4 is 0 Å². The maximum absolute atomic E-state index is 9.82. The molecule has 0 aliphatic heterocycles. The molecule has 0 rings (SSSR count). The van der Waals surface area contributed by atoms with Gasteiger partial charge in [0.1, 0.15) is 6.17 Å². The molecule has 0 saturated heterocycles. The summed E-state index contributed by atoms with van der Waals surface area (Å²) >= 11 is 3.81. The second kappa shape index (κ2) is 27.9. The van der Waals surface area contributed by atoms with E-state index in [2.05, 4.69) is 18.6 Å². The van der Waals surface area contributed by atoms with E-state index in [4.69, 9.17) is 5.41 Å². The molecular weight excluding hydrogens is 101 g/mol. The third-order valence-electron chi connectivity index (χ3n) is 0. The van der Waals surface area contributed by atoms with Crippen LogP contribution >= 0.6 is 12.2 Å². The summed E-state index contributed by atoms with van der Waals surface area (Å²) in [5, 5.41) is 7.36. The summed E-state index contributed by atoms with van der Waals surface area (Å²) in [6, 6.07) is 0. The molecular formula is C3H2FNS. The summed E-state index contributed by atoms with van der Waals surface area (Å²) in [5.41, 5.74) is 0. The standard InChI is InChI=1S/C2HF.CHNS/c1-2-3;2-1-3/h1H;2H. The Balaban J connectivity index is 0. The molecule has 0 aromatic carbocycles. The van der Waals surface area contributed by atoms with Crippen LogP contribution in [0.25, 0.3) is 0 Å². The zero-order valence-electron chi connectivity index (χ0n) is 2.86. The normalized spacial score (nSPS) is 2.67. The van der Waals surface area contributed by atoms with Gasteiger partial charge in [-0.05, 0) is 12.2 Å². The minimum atomic E-state index is 0.750. The van der Waals surface area contributed by atoms with Gasteiger partial charge in [-0.3, -0.25) is 0 Å². The highest BCUT2D eigenvalue weighted by Crippen LogP contribution is 1.34. The van der Waals surface area contributed by atoms with E-state index < -0.39 is 0 Å². The van der Waals surface area contributed by atoms with E-state index in [1.165, 1.54) is 0 Å². The molecule has 0 radical (unpaired) electrons. The molecule has 0 aliphatic rings. The zero-order valence-corrected chi connectivity index (χ0v) is 3.68. The van der Waals surface area contributed by atoms with Gasteiger partial charge in [0, 0.05) is 0 Å². The quantitative estimate of drug-likeness (QED) is 0.278. The van der Waals surface area contributed by atoms with Crippen molar-refractivity contribution in [3.63, 3.8) is 0 Å². The number of hydrogen-bond donors (Lipinski definition) is 1. The van der Waals surface area contributed by atoms with Crippen LogP contribution in [0.4, 0.5) is 4.39 Å². The molecule has 32 valence electrons. The Bertz CT molecular complexity index is 77.3. The van der Waals surface area contributed by atoms with Crippen LogP contribution in [-0.2, 0) is 0 Å². The molecule has 1 N–H and O–H groups in total. The van der Waals surface area contributed by atoms with Crippen molar-refractivity contribution in [1.82, 2.24) is 0 Å². The molecule has 0 aromatic rings. The number of halogens is 1. The number of rotatable bonds is 0. The summed E-state index contributed by atoms with van der Waals surface area (Å²) in [6.45, 7) is 0. The molecule has 0 bridgehead atoms. The van der Waals surface area contributed by atoms with Crippen molar-refractivity contribution in [2.24, 2.45) is 0 Å². The monoisotopic (exact) mass is 103 g/mol. The lowest BCUT2D eigenvalue weighted by atomic mass is 11.4. The second-order valence-electron chi connectivity index (χ2n) is 0.211. The van der Waals surface area contributed by atoms with Crippen LogP contribution in [0.15, 0.2) is 0 Å². The lowest BCUT2D eigenvalue weighted by Gasteiger charge is -1.17. The molecule has 0 unspecified atom stereocenters. The number of hydrogen-bond acceptors (Lipinski definition) is 2. The highest BCUT2D eigenvalue weighted by Gasteiger charge is 1.15. The smallest absolute Gasteiger partial charge is 0.102 e. The highest BCUT2D eigenvalue weighted by atomic mass is 32.1. The van der Waals surface area contributed by atoms with Crippen molar-refractivity contribution in [2.45, 2.75) is 0 Å². The van der Waals surface area contributed by atoms with Gasteiger partial charge in [-0.1, -0.05) is 6.42 Å². The van der Waals surface area contributed by atoms with E-state index in [1.807, 2.05) is 0 Å². The van der Waals surface area contributed by atoms with Gasteiger partial charge >= 0.3 is 0 Å². The topological polar surface area (TPSA) is 23.9 Å². The van der Waals surface area contributed by atoms with Crippen molar-refractivity contribution in [3.8, 4) is 12.6 Å². The summed E-state index contributed by atoms with van der Waals surface area (Å²) in [7, 11) is 0. The molecule has 1 nitrogen and oxygen atoms in total. The second-order valence-corrected chi connectivity index (χ2v) is 0.415. The Morgan fingerprint density at radius 2 is 1.83 bits per heavy atom. The van der Waals surface area contributed by atoms with Crippen LogP contribution in [0, 0.1) is 18.0 Å². The Morgan fingerprint density at radius 3 is 1.83 bits per heavy atom. The van der Waals surface area contributed by atoms with Gasteiger partial charge in [0.15, 0.2) is 0 Å². The van der Waals surface area contributed by atoms with Crippen molar-refractivity contribution >= 4 is 17.4 Å². The SMILES string of the molecule is C#CF.N=C=S. The first-order valence-corrected chi connectivity index (χ1v) is 1.34. The van der Waals surface area contributed by atoms with E-state index in [-0.39, 0.29) is 0 Å². The Hall–Kier alpha value is -0.710. The van der Waals surface area contributed by atoms with Crippen molar-refractivity contribution in [1.29, 1.82) is 5.41 Å². The molecule has 0 aromatic heterocycles. The summed E-state index contributed by atoms with van der Waals surface area (Å²) in [4.78, 5) is 0. The van der Waals surface area contributed by atoms with Crippen LogP contribution in [0.1, 0.15) is 0 Å². The number of thiocarbonyl (C=S) groups is 1. The lowest BCUT2D eigenvalue weighted by Crippen LogP contribution is -1.03. The molecule has 0 aliphatic carbocycles. The van der Waals surface area contributed by atoms with Crippen LogP contribution in [0.2, 0.25) is 0 Å². The molecule has 0 fully saturated rings. The van der Waals surface area contributed by atoms with Gasteiger partial charge < -0.3 is 0 Å². The van der Waals surface area contributed by atoms with Gasteiger partial charge in [-0.25, -0.2) is 5.41 Å². The highest BCUT2D eigenvalue weighted by molar-refractivity contribution is 7.78. The maximum atomic E-state index is 9.82. The van der Waals surface area contributed by atoms with Crippen LogP contribution in [0.5, 0.6) is 0 Å². The average Bonchev–Trinajstić information content (AvgIpc) is 1.39. The molecule has 3 heteroatoms. The van der Waals surface area contributed by atoms with Gasteiger partial charge in [0.05, 0.1) is 5.16 Å². The fourth-order valence-corrected chi connectivity index (χ4v) is 0. The van der Waals surface area contributed by atoms with Crippen molar-refractivity contribution < 1.29 is 4.39 Å². The number of isothiocyanates is 1. The Labute approximate surface area is 40.7 Å². The fourth-order valence-electron chi connectivity index (χ4n) is 0. The number of terminal acetylenes is 1. The zero-order chi connectivity index (χ0) is 5.41. The predicted molar refractivity (Wildman–Crippen MR) is 25.3 cm³/mol. The van der Waals surface area contributed by atoms with E-state index >= 15 is 0 Å². The van der Waals surface area contributed by atoms with E-state index in [9.17, 15) is 4.39 Å². The molecule has 0 amide bonds. The first kappa shape index (κ1) is 8.99. The first-order valence-electron chi connectivity index (χ1n) is 0.932. The molecule has 0 atom stereocenters. The number of nitrogens with one attached hydrogen (secondary N) is 1. The molecule has 0 spiro atoms.